The maximum Gasteiger partial charge on any atom is 0.254 e. The summed E-state index contributed by atoms with van der Waals surface area (Å²) in [6, 6.07) is 11.7. The fourth-order valence-corrected chi connectivity index (χ4v) is 2.85. The van der Waals surface area contributed by atoms with Crippen LogP contribution < -0.4 is 5.32 Å². The number of amides is 1. The Labute approximate surface area is 160 Å². The lowest BCUT2D eigenvalue weighted by Crippen LogP contribution is -2.23. The highest BCUT2D eigenvalue weighted by Gasteiger charge is 2.16. The van der Waals surface area contributed by atoms with E-state index in [4.69, 9.17) is 0 Å². The van der Waals surface area contributed by atoms with Crippen molar-refractivity contribution in [3.63, 3.8) is 0 Å². The van der Waals surface area contributed by atoms with E-state index in [1.165, 1.54) is 18.3 Å². The number of imidazole rings is 1. The molecule has 0 atom stereocenters. The van der Waals surface area contributed by atoms with Crippen molar-refractivity contribution in [3.8, 4) is 22.6 Å². The van der Waals surface area contributed by atoms with Crippen molar-refractivity contribution < 1.29 is 9.18 Å². The fraction of sp³-hybridized carbons (Fsp3) is 0.100. The first-order chi connectivity index (χ1) is 13.6. The number of aryl methyl sites for hydroxylation is 1. The molecule has 0 spiro atoms. The number of rotatable bonds is 5. The van der Waals surface area contributed by atoms with Gasteiger partial charge in [-0.3, -0.25) is 14.5 Å². The molecule has 7 nitrogen and oxygen atoms in total. The zero-order valence-corrected chi connectivity index (χ0v) is 15.1. The number of hydrogen-bond donors (Lipinski definition) is 2. The molecule has 0 fully saturated rings. The summed E-state index contributed by atoms with van der Waals surface area (Å²) in [5.41, 5.74) is 3.01. The van der Waals surface area contributed by atoms with E-state index < -0.39 is 0 Å². The van der Waals surface area contributed by atoms with Gasteiger partial charge in [0.05, 0.1) is 35.4 Å². The van der Waals surface area contributed by atoms with Gasteiger partial charge in [-0.25, -0.2) is 9.37 Å². The zero-order valence-electron chi connectivity index (χ0n) is 15.1. The van der Waals surface area contributed by atoms with Crippen LogP contribution in [0, 0.1) is 5.82 Å². The number of aromatic nitrogens is 5. The zero-order chi connectivity index (χ0) is 19.5. The molecular weight excluding hydrogens is 359 g/mol. The van der Waals surface area contributed by atoms with Crippen molar-refractivity contribution in [1.29, 1.82) is 0 Å². The first-order valence-electron chi connectivity index (χ1n) is 8.63. The van der Waals surface area contributed by atoms with Crippen LogP contribution in [0.3, 0.4) is 0 Å². The van der Waals surface area contributed by atoms with Crippen LogP contribution in [0.15, 0.2) is 61.1 Å². The maximum absolute atomic E-state index is 13.7. The van der Waals surface area contributed by atoms with Gasteiger partial charge in [-0.15, -0.1) is 0 Å². The Hall–Kier alpha value is -3.81. The van der Waals surface area contributed by atoms with Gasteiger partial charge in [0.1, 0.15) is 11.6 Å². The summed E-state index contributed by atoms with van der Waals surface area (Å²) in [5.74, 6) is -0.0627. The largest absolute Gasteiger partial charge is 0.345 e. The fourth-order valence-electron chi connectivity index (χ4n) is 2.85. The molecule has 1 aromatic carbocycles. The quantitative estimate of drug-likeness (QED) is 0.561. The number of halogens is 1. The van der Waals surface area contributed by atoms with Gasteiger partial charge in [-0.1, -0.05) is 18.2 Å². The molecule has 4 rings (SSSR count). The number of hydrogen-bond acceptors (Lipinski definition) is 4. The molecule has 0 aliphatic rings. The van der Waals surface area contributed by atoms with Crippen LogP contribution in [0.1, 0.15) is 16.2 Å². The van der Waals surface area contributed by atoms with Gasteiger partial charge in [0.25, 0.3) is 5.91 Å². The normalized spacial score (nSPS) is 10.8. The summed E-state index contributed by atoms with van der Waals surface area (Å²) < 4.78 is 15.3. The second kappa shape index (κ2) is 7.43. The van der Waals surface area contributed by atoms with Gasteiger partial charge < -0.3 is 10.3 Å². The van der Waals surface area contributed by atoms with Crippen LogP contribution in [-0.4, -0.2) is 30.6 Å². The predicted octanol–water partition coefficient (Wildman–Crippen LogP) is 2.94. The number of aromatic amines is 1. The number of pyridine rings is 1. The third-order valence-electron chi connectivity index (χ3n) is 4.16. The smallest absolute Gasteiger partial charge is 0.254 e. The topological polar surface area (TPSA) is 88.5 Å². The van der Waals surface area contributed by atoms with Gasteiger partial charge >= 0.3 is 0 Å². The minimum atomic E-state index is -0.348. The highest BCUT2D eigenvalue weighted by Crippen LogP contribution is 2.29. The van der Waals surface area contributed by atoms with E-state index in [-0.39, 0.29) is 18.3 Å². The van der Waals surface area contributed by atoms with Gasteiger partial charge in [-0.05, 0) is 24.3 Å². The molecule has 0 bridgehead atoms. The minimum absolute atomic E-state index is 0.183. The maximum atomic E-state index is 13.7. The summed E-state index contributed by atoms with van der Waals surface area (Å²) in [4.78, 5) is 24.4. The van der Waals surface area contributed by atoms with E-state index in [1.54, 1.807) is 36.3 Å². The molecule has 140 valence electrons. The molecule has 28 heavy (non-hydrogen) atoms. The van der Waals surface area contributed by atoms with Crippen molar-refractivity contribution in [1.82, 2.24) is 30.0 Å². The second-order valence-corrected chi connectivity index (χ2v) is 6.22. The van der Waals surface area contributed by atoms with Crippen LogP contribution in [0.4, 0.5) is 4.39 Å². The van der Waals surface area contributed by atoms with Crippen LogP contribution >= 0.6 is 0 Å². The third kappa shape index (κ3) is 3.66. The lowest BCUT2D eigenvalue weighted by atomic mass is 10.1. The Morgan fingerprint density at radius 1 is 1.25 bits per heavy atom. The van der Waals surface area contributed by atoms with Crippen LogP contribution in [0.2, 0.25) is 0 Å². The minimum Gasteiger partial charge on any atom is -0.345 e. The number of nitrogens with one attached hydrogen (secondary N) is 2. The first kappa shape index (κ1) is 17.6. The highest BCUT2D eigenvalue weighted by atomic mass is 19.1. The van der Waals surface area contributed by atoms with Crippen molar-refractivity contribution in [2.75, 3.05) is 0 Å². The number of nitrogens with zero attached hydrogens (tertiary/aromatic N) is 4. The Balaban J connectivity index is 1.64. The summed E-state index contributed by atoms with van der Waals surface area (Å²) in [5, 5.41) is 6.79. The summed E-state index contributed by atoms with van der Waals surface area (Å²) in [6.07, 6.45) is 4.80. The summed E-state index contributed by atoms with van der Waals surface area (Å²) in [7, 11) is 1.74. The molecule has 2 N–H and O–H groups in total. The predicted molar refractivity (Wildman–Crippen MR) is 102 cm³/mol. The van der Waals surface area contributed by atoms with Crippen LogP contribution in [0.25, 0.3) is 22.6 Å². The molecule has 8 heteroatoms. The van der Waals surface area contributed by atoms with E-state index >= 15 is 0 Å². The van der Waals surface area contributed by atoms with E-state index in [9.17, 15) is 9.18 Å². The Morgan fingerprint density at radius 3 is 2.86 bits per heavy atom. The molecule has 0 aliphatic carbocycles. The summed E-state index contributed by atoms with van der Waals surface area (Å²) in [6.45, 7) is 0.183. The SMILES string of the molecule is Cn1cc(C(=O)NCc2nc(-c3cccc(F)c3)c(-c3ccccn3)[nH]2)cn1. The lowest BCUT2D eigenvalue weighted by Gasteiger charge is -2.02. The molecule has 0 saturated heterocycles. The Morgan fingerprint density at radius 2 is 2.14 bits per heavy atom. The van der Waals surface area contributed by atoms with Gasteiger partial charge in [0.15, 0.2) is 0 Å². The Bertz CT molecular complexity index is 1120. The lowest BCUT2D eigenvalue weighted by molar-refractivity contribution is 0.0950. The van der Waals surface area contributed by atoms with E-state index in [1.807, 2.05) is 18.2 Å². The molecule has 0 unspecified atom stereocenters. The van der Waals surface area contributed by atoms with Crippen molar-refractivity contribution in [3.05, 3.63) is 78.3 Å². The number of carbonyl (C=O) groups excluding carboxylic acids is 1. The molecule has 4 aromatic rings. The number of benzene rings is 1. The van der Waals surface area contributed by atoms with Gasteiger partial charge in [0.2, 0.25) is 0 Å². The van der Waals surface area contributed by atoms with Crippen molar-refractivity contribution in [2.24, 2.45) is 7.05 Å². The molecular formula is C20H17FN6O. The van der Waals surface area contributed by atoms with Gasteiger partial charge in [0, 0.05) is 25.0 Å². The molecule has 1 amide bonds. The average Bonchev–Trinajstić information content (AvgIpc) is 3.33. The molecule has 3 aromatic heterocycles. The standard InChI is InChI=1S/C20H17FN6O/c1-27-12-14(10-24-27)20(28)23-11-17-25-18(13-5-4-6-15(21)9-13)19(26-17)16-7-2-3-8-22-16/h2-10,12H,11H2,1H3,(H,23,28)(H,25,26). The monoisotopic (exact) mass is 376 g/mol. The molecule has 3 heterocycles. The molecule has 0 saturated carbocycles. The molecule has 0 radical (unpaired) electrons. The van der Waals surface area contributed by atoms with Gasteiger partial charge in [-0.2, -0.15) is 5.10 Å². The highest BCUT2D eigenvalue weighted by molar-refractivity contribution is 5.93. The van der Waals surface area contributed by atoms with E-state index in [0.29, 0.717) is 34.0 Å². The molecule has 0 aliphatic heterocycles. The van der Waals surface area contributed by atoms with Crippen molar-refractivity contribution >= 4 is 5.91 Å². The first-order valence-corrected chi connectivity index (χ1v) is 8.63. The van der Waals surface area contributed by atoms with Crippen LogP contribution in [-0.2, 0) is 13.6 Å². The Kier molecular flexibility index (Phi) is 4.67. The second-order valence-electron chi connectivity index (χ2n) is 6.22. The number of H-pyrrole nitrogens is 1. The van der Waals surface area contributed by atoms with E-state index in [0.717, 1.165) is 0 Å². The third-order valence-corrected chi connectivity index (χ3v) is 4.16. The number of carbonyl (C=O) groups is 1. The van der Waals surface area contributed by atoms with Crippen molar-refractivity contribution in [2.45, 2.75) is 6.54 Å². The van der Waals surface area contributed by atoms with E-state index in [2.05, 4.69) is 25.4 Å². The summed E-state index contributed by atoms with van der Waals surface area (Å²) >= 11 is 0. The average molecular weight is 376 g/mol. The van der Waals surface area contributed by atoms with Crippen LogP contribution in [0.5, 0.6) is 0 Å².